The second kappa shape index (κ2) is 5.66. The Morgan fingerprint density at radius 3 is 2.96 bits per heavy atom. The highest BCUT2D eigenvalue weighted by atomic mass is 16.6. The van der Waals surface area contributed by atoms with E-state index in [-0.39, 0.29) is 23.6 Å². The molecule has 7 heteroatoms. The van der Waals surface area contributed by atoms with Crippen LogP contribution < -0.4 is 5.32 Å². The number of nitrogens with zero attached hydrogens (tertiary/aromatic N) is 3. The first-order valence-corrected chi connectivity index (χ1v) is 7.13. The monoisotopic (exact) mass is 310 g/mol. The van der Waals surface area contributed by atoms with Gasteiger partial charge in [0.1, 0.15) is 17.2 Å². The van der Waals surface area contributed by atoms with Gasteiger partial charge in [0.05, 0.1) is 4.92 Å². The first-order valence-electron chi connectivity index (χ1n) is 7.13. The van der Waals surface area contributed by atoms with Crippen LogP contribution in [0.15, 0.2) is 36.5 Å². The summed E-state index contributed by atoms with van der Waals surface area (Å²) < 4.78 is 0. The van der Waals surface area contributed by atoms with Crippen molar-refractivity contribution in [2.75, 3.05) is 11.9 Å². The number of anilines is 1. The van der Waals surface area contributed by atoms with Crippen LogP contribution in [0.4, 0.5) is 11.5 Å². The lowest BCUT2D eigenvalue weighted by molar-refractivity contribution is -0.384. The third kappa shape index (κ3) is 2.60. The fourth-order valence-corrected chi connectivity index (χ4v) is 2.94. The average molecular weight is 310 g/mol. The molecule has 0 amide bonds. The summed E-state index contributed by atoms with van der Waals surface area (Å²) in [7, 11) is 0. The summed E-state index contributed by atoms with van der Waals surface area (Å²) in [6.07, 6.45) is 2.62. The zero-order chi connectivity index (χ0) is 16.4. The fourth-order valence-electron chi connectivity index (χ4n) is 2.94. The molecule has 7 nitrogen and oxygen atoms in total. The number of hydrogen-bond acceptors (Lipinski definition) is 6. The van der Waals surface area contributed by atoms with Crippen LogP contribution in [-0.2, 0) is 12.0 Å². The van der Waals surface area contributed by atoms with E-state index in [1.165, 1.54) is 12.3 Å². The quantitative estimate of drug-likeness (QED) is 0.660. The van der Waals surface area contributed by atoms with Gasteiger partial charge in [0, 0.05) is 12.7 Å². The number of benzene rings is 1. The standard InChI is InChI=1S/C16H14N4O3/c17-9-12-6-8-18-15(14(12)20(22)23)19-10-16(21)7-5-11-3-1-2-4-13(11)16/h1-4,6,8,21H,5,7,10H2,(H,18,19). The van der Waals surface area contributed by atoms with Crippen molar-refractivity contribution in [2.24, 2.45) is 0 Å². The predicted molar refractivity (Wildman–Crippen MR) is 82.8 cm³/mol. The van der Waals surface area contributed by atoms with Crippen molar-refractivity contribution in [1.29, 1.82) is 5.26 Å². The number of fused-ring (bicyclic) bond motifs is 1. The van der Waals surface area contributed by atoms with Crippen molar-refractivity contribution < 1.29 is 10.0 Å². The van der Waals surface area contributed by atoms with Crippen molar-refractivity contribution in [3.63, 3.8) is 0 Å². The van der Waals surface area contributed by atoms with Gasteiger partial charge in [-0.1, -0.05) is 24.3 Å². The van der Waals surface area contributed by atoms with Crippen LogP contribution >= 0.6 is 0 Å². The molecule has 0 radical (unpaired) electrons. The Kier molecular flexibility index (Phi) is 3.68. The second-order valence-electron chi connectivity index (χ2n) is 5.47. The van der Waals surface area contributed by atoms with E-state index in [2.05, 4.69) is 10.3 Å². The van der Waals surface area contributed by atoms with Crippen LogP contribution in [0.5, 0.6) is 0 Å². The Morgan fingerprint density at radius 1 is 1.43 bits per heavy atom. The average Bonchev–Trinajstić information content (AvgIpc) is 2.90. The summed E-state index contributed by atoms with van der Waals surface area (Å²) in [4.78, 5) is 14.5. The van der Waals surface area contributed by atoms with Gasteiger partial charge in [-0.25, -0.2) is 4.98 Å². The van der Waals surface area contributed by atoms with Gasteiger partial charge in [0.15, 0.2) is 0 Å². The molecule has 0 fully saturated rings. The van der Waals surface area contributed by atoms with E-state index in [0.29, 0.717) is 6.42 Å². The van der Waals surface area contributed by atoms with Gasteiger partial charge >= 0.3 is 5.69 Å². The van der Waals surface area contributed by atoms with Gasteiger partial charge in [-0.3, -0.25) is 10.1 Å². The van der Waals surface area contributed by atoms with Crippen molar-refractivity contribution >= 4 is 11.5 Å². The maximum Gasteiger partial charge on any atom is 0.328 e. The lowest BCUT2D eigenvalue weighted by Gasteiger charge is -2.24. The maximum absolute atomic E-state index is 11.2. The Balaban J connectivity index is 1.88. The molecule has 0 bridgehead atoms. The minimum absolute atomic E-state index is 0.00754. The lowest BCUT2D eigenvalue weighted by atomic mass is 9.96. The third-order valence-electron chi connectivity index (χ3n) is 4.10. The number of rotatable bonds is 4. The van der Waals surface area contributed by atoms with Crippen molar-refractivity contribution in [2.45, 2.75) is 18.4 Å². The first kappa shape index (κ1) is 14.9. The van der Waals surface area contributed by atoms with Gasteiger partial charge in [0.25, 0.3) is 0 Å². The normalized spacial score (nSPS) is 19.0. The molecule has 1 aromatic heterocycles. The largest absolute Gasteiger partial charge is 0.383 e. The molecule has 2 aromatic rings. The van der Waals surface area contributed by atoms with Gasteiger partial charge in [0.2, 0.25) is 5.82 Å². The van der Waals surface area contributed by atoms with Crippen LogP contribution in [0.3, 0.4) is 0 Å². The van der Waals surface area contributed by atoms with E-state index >= 15 is 0 Å². The summed E-state index contributed by atoms with van der Waals surface area (Å²) in [5.74, 6) is -0.00754. The zero-order valence-electron chi connectivity index (χ0n) is 12.2. The van der Waals surface area contributed by atoms with Crippen LogP contribution in [0.25, 0.3) is 0 Å². The number of hydrogen-bond donors (Lipinski definition) is 2. The summed E-state index contributed by atoms with van der Waals surface area (Å²) in [6.45, 7) is 0.0900. The minimum Gasteiger partial charge on any atom is -0.383 e. The summed E-state index contributed by atoms with van der Waals surface area (Å²) in [5, 5.41) is 33.9. The number of nitro groups is 1. The highest BCUT2D eigenvalue weighted by Crippen LogP contribution is 2.37. The highest BCUT2D eigenvalue weighted by Gasteiger charge is 2.37. The van der Waals surface area contributed by atoms with Crippen molar-refractivity contribution in [3.05, 3.63) is 63.3 Å². The molecule has 1 aromatic carbocycles. The van der Waals surface area contributed by atoms with E-state index in [9.17, 15) is 15.2 Å². The molecular weight excluding hydrogens is 296 g/mol. The molecule has 0 saturated heterocycles. The van der Waals surface area contributed by atoms with Crippen LogP contribution in [0.1, 0.15) is 23.1 Å². The number of aliphatic hydroxyl groups is 1. The lowest BCUT2D eigenvalue weighted by Crippen LogP contribution is -2.32. The van der Waals surface area contributed by atoms with E-state index in [1.807, 2.05) is 24.3 Å². The Morgan fingerprint density at radius 2 is 2.22 bits per heavy atom. The molecule has 2 N–H and O–H groups in total. The topological polar surface area (TPSA) is 112 Å². The predicted octanol–water partition coefficient (Wildman–Crippen LogP) is 2.11. The van der Waals surface area contributed by atoms with Gasteiger partial charge in [-0.2, -0.15) is 5.26 Å². The van der Waals surface area contributed by atoms with Crippen LogP contribution in [0.2, 0.25) is 0 Å². The molecule has 0 saturated carbocycles. The number of aromatic nitrogens is 1. The summed E-state index contributed by atoms with van der Waals surface area (Å²) in [5.41, 5.74) is 0.363. The van der Waals surface area contributed by atoms with E-state index < -0.39 is 10.5 Å². The zero-order valence-corrected chi connectivity index (χ0v) is 12.2. The molecule has 116 valence electrons. The Labute approximate surface area is 132 Å². The van der Waals surface area contributed by atoms with Crippen LogP contribution in [-0.4, -0.2) is 21.6 Å². The fraction of sp³-hybridized carbons (Fsp3) is 0.250. The molecule has 1 aliphatic carbocycles. The number of nitrogens with one attached hydrogen (secondary N) is 1. The summed E-state index contributed by atoms with van der Waals surface area (Å²) in [6, 6.07) is 10.7. The Hall–Kier alpha value is -2.98. The first-order chi connectivity index (χ1) is 11.0. The minimum atomic E-state index is -1.10. The SMILES string of the molecule is N#Cc1ccnc(NCC2(O)CCc3ccccc32)c1[N+](=O)[O-]. The van der Waals surface area contributed by atoms with Crippen molar-refractivity contribution in [3.8, 4) is 6.07 Å². The van der Waals surface area contributed by atoms with Crippen LogP contribution in [0, 0.1) is 21.4 Å². The molecule has 1 heterocycles. The number of aryl methyl sites for hydroxylation is 1. The molecule has 1 unspecified atom stereocenters. The molecular formula is C16H14N4O3. The molecule has 3 rings (SSSR count). The Bertz CT molecular complexity index is 815. The summed E-state index contributed by atoms with van der Waals surface area (Å²) >= 11 is 0. The van der Waals surface area contributed by atoms with E-state index in [0.717, 1.165) is 17.5 Å². The molecule has 23 heavy (non-hydrogen) atoms. The molecule has 0 aliphatic heterocycles. The van der Waals surface area contributed by atoms with E-state index in [4.69, 9.17) is 5.26 Å². The molecule has 1 atom stereocenters. The van der Waals surface area contributed by atoms with Gasteiger partial charge < -0.3 is 10.4 Å². The number of pyridine rings is 1. The smallest absolute Gasteiger partial charge is 0.328 e. The third-order valence-corrected chi connectivity index (χ3v) is 4.10. The maximum atomic E-state index is 11.2. The number of nitriles is 1. The van der Waals surface area contributed by atoms with Crippen molar-refractivity contribution in [1.82, 2.24) is 4.98 Å². The second-order valence-corrected chi connectivity index (χ2v) is 5.47. The highest BCUT2D eigenvalue weighted by molar-refractivity contribution is 5.64. The van der Waals surface area contributed by atoms with E-state index in [1.54, 1.807) is 6.07 Å². The van der Waals surface area contributed by atoms with Gasteiger partial charge in [-0.05, 0) is 30.0 Å². The molecule has 0 spiro atoms. The van der Waals surface area contributed by atoms with Gasteiger partial charge in [-0.15, -0.1) is 0 Å². The molecule has 1 aliphatic rings.